The van der Waals surface area contributed by atoms with E-state index >= 15 is 0 Å². The van der Waals surface area contributed by atoms with Crippen LogP contribution in [-0.4, -0.2) is 61.4 Å². The van der Waals surface area contributed by atoms with E-state index < -0.39 is 17.3 Å². The maximum atomic E-state index is 12.6. The number of β-lactam (4-membered cyclic amide) rings is 1. The molecular formula is C24H29ClN5O4S2+. The monoisotopic (exact) mass is 550 g/mol. The number of aryl methyl sites for hydroxylation is 1. The number of nitrogens with two attached hydrogens (primary N) is 1. The Kier molecular flexibility index (Phi) is 7.03. The van der Waals surface area contributed by atoms with Crippen LogP contribution in [0.2, 0.25) is 0 Å². The largest absolute Gasteiger partial charge is 0.393 e. The maximum absolute atomic E-state index is 12.6. The average molecular weight is 551 g/mol. The third-order valence-electron chi connectivity index (χ3n) is 7.11. The van der Waals surface area contributed by atoms with E-state index in [0.29, 0.717) is 18.7 Å². The third-order valence-corrected chi connectivity index (χ3v) is 9.81. The van der Waals surface area contributed by atoms with E-state index in [1.807, 2.05) is 28.4 Å². The molecule has 5 rings (SSSR count). The van der Waals surface area contributed by atoms with Crippen molar-refractivity contribution in [3.8, 4) is 0 Å². The second-order valence-corrected chi connectivity index (χ2v) is 12.4. The molecule has 0 aromatic carbocycles. The minimum atomic E-state index is -0.759. The van der Waals surface area contributed by atoms with Gasteiger partial charge in [-0.05, 0) is 31.0 Å². The summed E-state index contributed by atoms with van der Waals surface area (Å²) < 4.78 is 4.00. The molecule has 6 atom stereocenters. The number of amides is 2. The average Bonchev–Trinajstić information content (AvgIpc) is 3.53. The van der Waals surface area contributed by atoms with Gasteiger partial charge in [-0.3, -0.25) is 14.4 Å². The summed E-state index contributed by atoms with van der Waals surface area (Å²) in [6.07, 6.45) is 10.7. The highest BCUT2D eigenvalue weighted by Crippen LogP contribution is 2.52. The van der Waals surface area contributed by atoms with Gasteiger partial charge < -0.3 is 21.1 Å². The normalized spacial score (nSPS) is 28.8. The SMILES string of the molecule is C[C@@H](O)[C@H]1C(=O)N2C(C(=O)Cl)=C(S[C@@H]3CN[C@H](/C=C\c4cn5c[n+](CCC(N)=O)cc5s4)C3)[C@H](C)[C@H]12. The van der Waals surface area contributed by atoms with Gasteiger partial charge in [0.1, 0.15) is 18.1 Å². The van der Waals surface area contributed by atoms with Crippen molar-refractivity contribution in [1.29, 1.82) is 0 Å². The van der Waals surface area contributed by atoms with Crippen molar-refractivity contribution in [2.24, 2.45) is 17.6 Å². The summed E-state index contributed by atoms with van der Waals surface area (Å²) in [7, 11) is 0. The number of nitrogens with one attached hydrogen (secondary N) is 1. The molecule has 2 saturated heterocycles. The van der Waals surface area contributed by atoms with Crippen LogP contribution in [-0.2, 0) is 20.9 Å². The summed E-state index contributed by atoms with van der Waals surface area (Å²) in [5.41, 5.74) is 5.52. The molecule has 3 aliphatic rings. The first-order chi connectivity index (χ1) is 17.1. The van der Waals surface area contributed by atoms with Crippen LogP contribution in [0.1, 0.15) is 31.6 Å². The van der Waals surface area contributed by atoms with E-state index in [4.69, 9.17) is 17.3 Å². The topological polar surface area (TPSA) is 121 Å². The number of hydrogen-bond acceptors (Lipinski definition) is 7. The lowest BCUT2D eigenvalue weighted by molar-refractivity contribution is -0.694. The van der Waals surface area contributed by atoms with E-state index in [1.165, 1.54) is 4.90 Å². The second kappa shape index (κ2) is 9.94. The van der Waals surface area contributed by atoms with Crippen LogP contribution in [0.25, 0.3) is 10.9 Å². The van der Waals surface area contributed by atoms with Gasteiger partial charge in [-0.2, -0.15) is 4.40 Å². The fourth-order valence-electron chi connectivity index (χ4n) is 5.38. The first-order valence-corrected chi connectivity index (χ1v) is 14.0. The number of aliphatic hydroxyl groups is 1. The lowest BCUT2D eigenvalue weighted by Crippen LogP contribution is -2.63. The van der Waals surface area contributed by atoms with Crippen molar-refractivity contribution in [3.63, 3.8) is 0 Å². The molecule has 0 spiro atoms. The fraction of sp³-hybridized carbons (Fsp3) is 0.500. The van der Waals surface area contributed by atoms with Crippen LogP contribution >= 0.6 is 34.7 Å². The molecule has 0 bridgehead atoms. The molecule has 12 heteroatoms. The summed E-state index contributed by atoms with van der Waals surface area (Å²) in [6.45, 7) is 4.97. The predicted octanol–water partition coefficient (Wildman–Crippen LogP) is 1.48. The standard InChI is InChI=1S/C24H28ClN5O4S2/c1-12-20-19(13(2)31)24(34)30(20)21(23(25)33)22(12)36-16-7-14(27-8-16)3-4-15-9-29-11-28(6-5-17(26)32)10-18(29)35-15/h3-4,9-14,16,19-20,27,31H,5-8H2,1-2H3,(H-,26,32)/p+1/b4-3-/t12-,13-,14-,16+,19-,20-/m1/s1. The van der Waals surface area contributed by atoms with Crippen molar-refractivity contribution in [2.75, 3.05) is 6.54 Å². The zero-order valence-electron chi connectivity index (χ0n) is 20.0. The lowest BCUT2D eigenvalue weighted by Gasteiger charge is -2.46. The van der Waals surface area contributed by atoms with E-state index in [0.717, 1.165) is 27.6 Å². The number of imidazole rings is 1. The summed E-state index contributed by atoms with van der Waals surface area (Å²) >= 11 is 9.20. The number of aliphatic hydroxyl groups excluding tert-OH is 1. The van der Waals surface area contributed by atoms with Gasteiger partial charge in [0.15, 0.2) is 0 Å². The minimum absolute atomic E-state index is 0.0415. The van der Waals surface area contributed by atoms with Gasteiger partial charge in [-0.25, -0.2) is 4.57 Å². The number of rotatable bonds is 9. The van der Waals surface area contributed by atoms with E-state index in [2.05, 4.69) is 23.7 Å². The van der Waals surface area contributed by atoms with E-state index in [1.54, 1.807) is 30.0 Å². The molecule has 0 unspecified atom stereocenters. The molecule has 2 amide bonds. The Labute approximate surface area is 222 Å². The Morgan fingerprint density at radius 2 is 2.25 bits per heavy atom. The number of thiazole rings is 1. The van der Waals surface area contributed by atoms with Crippen molar-refractivity contribution in [3.05, 3.63) is 40.3 Å². The summed E-state index contributed by atoms with van der Waals surface area (Å²) in [6, 6.07) is -0.0119. The highest BCUT2D eigenvalue weighted by Gasteiger charge is 2.59. The molecule has 3 aliphatic heterocycles. The highest BCUT2D eigenvalue weighted by atomic mass is 35.5. The van der Waals surface area contributed by atoms with Crippen molar-refractivity contribution in [1.82, 2.24) is 14.6 Å². The molecular weight excluding hydrogens is 522 g/mol. The van der Waals surface area contributed by atoms with E-state index in [9.17, 15) is 19.5 Å². The summed E-state index contributed by atoms with van der Waals surface area (Å²) in [4.78, 5) is 40.4. The molecule has 4 N–H and O–H groups in total. The zero-order chi connectivity index (χ0) is 25.7. The lowest BCUT2D eigenvalue weighted by atomic mass is 9.79. The number of fused-ring (bicyclic) bond motifs is 2. The molecule has 0 saturated carbocycles. The van der Waals surface area contributed by atoms with Gasteiger partial charge in [0.05, 0.1) is 35.9 Å². The number of aromatic nitrogens is 2. The molecule has 192 valence electrons. The van der Waals surface area contributed by atoms with Crippen LogP contribution in [0.5, 0.6) is 0 Å². The smallest absolute Gasteiger partial charge is 0.269 e. The number of nitrogens with zero attached hydrogens (tertiary/aromatic N) is 3. The molecule has 2 aromatic heterocycles. The molecule has 5 heterocycles. The Balaban J connectivity index is 1.22. The number of primary amides is 1. The summed E-state index contributed by atoms with van der Waals surface area (Å²) in [5, 5.41) is 13.2. The fourth-order valence-corrected chi connectivity index (χ4v) is 8.07. The van der Waals surface area contributed by atoms with Gasteiger partial charge in [-0.15, -0.1) is 11.8 Å². The van der Waals surface area contributed by atoms with Gasteiger partial charge in [0.2, 0.25) is 23.0 Å². The molecule has 0 radical (unpaired) electrons. The van der Waals surface area contributed by atoms with Crippen LogP contribution in [0.3, 0.4) is 0 Å². The second-order valence-electron chi connectivity index (χ2n) is 9.67. The van der Waals surface area contributed by atoms with Gasteiger partial charge in [-0.1, -0.05) is 24.3 Å². The number of allylic oxidation sites excluding steroid dienone is 1. The van der Waals surface area contributed by atoms with Crippen molar-refractivity contribution >= 4 is 62.7 Å². The van der Waals surface area contributed by atoms with Crippen molar-refractivity contribution < 1.29 is 24.1 Å². The van der Waals surface area contributed by atoms with E-state index in [-0.39, 0.29) is 35.1 Å². The highest BCUT2D eigenvalue weighted by molar-refractivity contribution is 8.03. The number of hydrogen-bond donors (Lipinski definition) is 3. The quantitative estimate of drug-likeness (QED) is 0.247. The molecule has 9 nitrogen and oxygen atoms in total. The number of carbonyl (C=O) groups is 3. The van der Waals surface area contributed by atoms with Crippen LogP contribution < -0.4 is 15.6 Å². The Morgan fingerprint density at radius 3 is 2.92 bits per heavy atom. The first-order valence-electron chi connectivity index (χ1n) is 12.0. The van der Waals surface area contributed by atoms with Crippen LogP contribution in [0.4, 0.5) is 0 Å². The third kappa shape index (κ3) is 4.63. The van der Waals surface area contributed by atoms with Gasteiger partial charge >= 0.3 is 0 Å². The Morgan fingerprint density at radius 1 is 1.47 bits per heavy atom. The van der Waals surface area contributed by atoms with Crippen molar-refractivity contribution in [2.45, 2.75) is 56.7 Å². The number of carbonyl (C=O) groups excluding carboxylic acids is 3. The number of halogens is 1. The maximum Gasteiger partial charge on any atom is 0.269 e. The number of thioether (sulfide) groups is 1. The van der Waals surface area contributed by atoms with Crippen LogP contribution in [0.15, 0.2) is 35.4 Å². The minimum Gasteiger partial charge on any atom is -0.393 e. The van der Waals surface area contributed by atoms with Crippen LogP contribution in [0, 0.1) is 11.8 Å². The van der Waals surface area contributed by atoms with Gasteiger partial charge in [0.25, 0.3) is 5.24 Å². The molecule has 2 fully saturated rings. The molecule has 2 aromatic rings. The zero-order valence-corrected chi connectivity index (χ0v) is 22.4. The Bertz CT molecular complexity index is 1250. The van der Waals surface area contributed by atoms with Gasteiger partial charge in [0, 0.05) is 28.7 Å². The predicted molar refractivity (Wildman–Crippen MR) is 139 cm³/mol. The first kappa shape index (κ1) is 25.5. The Hall–Kier alpha value is -2.18. The molecule has 36 heavy (non-hydrogen) atoms. The molecule has 0 aliphatic carbocycles. The summed E-state index contributed by atoms with van der Waals surface area (Å²) in [5.74, 6) is -1.07.